The van der Waals surface area contributed by atoms with E-state index in [2.05, 4.69) is 26.0 Å². The van der Waals surface area contributed by atoms with E-state index in [1.165, 1.54) is 4.68 Å². The number of hydrogen-bond acceptors (Lipinski definition) is 2. The molecule has 8 heavy (non-hydrogen) atoms. The third kappa shape index (κ3) is 1.00. The monoisotopic (exact) mass is 195 g/mol. The third-order valence-corrected chi connectivity index (χ3v) is 1.35. The Hall–Kier alpha value is -0.0900. The molecular formula is C3H3BrClN3. The van der Waals surface area contributed by atoms with E-state index in [0.29, 0.717) is 10.0 Å². The summed E-state index contributed by atoms with van der Waals surface area (Å²) in [6.45, 7) is 0. The number of aromatic nitrogens is 3. The van der Waals surface area contributed by atoms with E-state index >= 15 is 0 Å². The molecule has 0 aliphatic rings. The van der Waals surface area contributed by atoms with Gasteiger partial charge in [-0.15, -0.1) is 5.10 Å². The summed E-state index contributed by atoms with van der Waals surface area (Å²) in [5.74, 6) is 0. The Labute approximate surface area is 59.8 Å². The molecule has 1 heterocycles. The Balaban J connectivity index is 3.14. The van der Waals surface area contributed by atoms with Crippen molar-refractivity contribution in [1.82, 2.24) is 14.8 Å². The van der Waals surface area contributed by atoms with Crippen LogP contribution in [0.4, 0.5) is 0 Å². The smallest absolute Gasteiger partial charge is 0.221 e. The topological polar surface area (TPSA) is 30.7 Å². The second-order valence-electron chi connectivity index (χ2n) is 1.27. The van der Waals surface area contributed by atoms with E-state index in [-0.39, 0.29) is 0 Å². The Bertz CT molecular complexity index is 177. The van der Waals surface area contributed by atoms with Gasteiger partial charge in [0.25, 0.3) is 0 Å². The minimum atomic E-state index is 0.386. The molecule has 0 unspecified atom stereocenters. The fourth-order valence-corrected chi connectivity index (χ4v) is 0.962. The van der Waals surface area contributed by atoms with Crippen molar-refractivity contribution in [3.63, 3.8) is 0 Å². The first-order valence-electron chi connectivity index (χ1n) is 1.92. The zero-order valence-corrected chi connectivity index (χ0v) is 6.44. The van der Waals surface area contributed by atoms with Crippen LogP contribution < -0.4 is 0 Å². The van der Waals surface area contributed by atoms with Gasteiger partial charge in [0.2, 0.25) is 10.0 Å². The van der Waals surface area contributed by atoms with Crippen LogP contribution in [0.5, 0.6) is 0 Å². The van der Waals surface area contributed by atoms with Gasteiger partial charge in [0.05, 0.1) is 0 Å². The Kier molecular flexibility index (Phi) is 1.53. The van der Waals surface area contributed by atoms with E-state index < -0.39 is 0 Å². The lowest BCUT2D eigenvalue weighted by Gasteiger charge is -1.82. The lowest BCUT2D eigenvalue weighted by molar-refractivity contribution is 0.760. The fourth-order valence-electron chi connectivity index (χ4n) is 0.336. The molecule has 0 aromatic carbocycles. The van der Waals surface area contributed by atoms with Crippen LogP contribution in [0.25, 0.3) is 0 Å². The average Bonchev–Trinajstić information content (AvgIpc) is 1.85. The highest BCUT2D eigenvalue weighted by Crippen LogP contribution is 2.06. The van der Waals surface area contributed by atoms with Gasteiger partial charge >= 0.3 is 0 Å². The normalized spacial score (nSPS) is 9.88. The Morgan fingerprint density at radius 2 is 2.38 bits per heavy atom. The first-order chi connectivity index (χ1) is 3.70. The van der Waals surface area contributed by atoms with Gasteiger partial charge in [-0.2, -0.15) is 4.98 Å². The summed E-state index contributed by atoms with van der Waals surface area (Å²) in [6.07, 6.45) is 0. The molecule has 0 fully saturated rings. The quantitative estimate of drug-likeness (QED) is 0.625. The molecule has 0 aliphatic carbocycles. The van der Waals surface area contributed by atoms with E-state index in [0.717, 1.165) is 0 Å². The van der Waals surface area contributed by atoms with Crippen molar-refractivity contribution in [2.45, 2.75) is 0 Å². The van der Waals surface area contributed by atoms with Gasteiger partial charge in [0.15, 0.2) is 0 Å². The number of nitrogens with zero attached hydrogens (tertiary/aromatic N) is 3. The van der Waals surface area contributed by atoms with Gasteiger partial charge in [-0.3, -0.25) is 0 Å². The first-order valence-corrected chi connectivity index (χ1v) is 3.09. The zero-order valence-electron chi connectivity index (χ0n) is 4.10. The van der Waals surface area contributed by atoms with Crippen molar-refractivity contribution in [3.8, 4) is 0 Å². The highest BCUT2D eigenvalue weighted by Gasteiger charge is 1.97. The number of hydrogen-bond donors (Lipinski definition) is 0. The number of aryl methyl sites for hydroxylation is 1. The van der Waals surface area contributed by atoms with E-state index in [1.54, 1.807) is 7.05 Å². The molecule has 0 spiro atoms. The summed E-state index contributed by atoms with van der Waals surface area (Å²) in [6, 6.07) is 0. The van der Waals surface area contributed by atoms with E-state index in [4.69, 9.17) is 11.6 Å². The van der Waals surface area contributed by atoms with Crippen molar-refractivity contribution in [1.29, 1.82) is 0 Å². The SMILES string of the molecule is Cn1nc(Br)nc1Cl. The van der Waals surface area contributed by atoms with Gasteiger partial charge in [-0.1, -0.05) is 0 Å². The molecule has 0 radical (unpaired) electrons. The van der Waals surface area contributed by atoms with Crippen molar-refractivity contribution < 1.29 is 0 Å². The van der Waals surface area contributed by atoms with Crippen LogP contribution in [0.1, 0.15) is 0 Å². The summed E-state index contributed by atoms with van der Waals surface area (Å²) in [5.41, 5.74) is 0. The predicted octanol–water partition coefficient (Wildman–Crippen LogP) is 1.23. The summed E-state index contributed by atoms with van der Waals surface area (Å²) in [4.78, 5) is 3.74. The van der Waals surface area contributed by atoms with Gasteiger partial charge < -0.3 is 0 Å². The van der Waals surface area contributed by atoms with Gasteiger partial charge in [-0.05, 0) is 27.5 Å². The van der Waals surface area contributed by atoms with Crippen LogP contribution in [0.2, 0.25) is 5.28 Å². The molecule has 0 aliphatic heterocycles. The summed E-state index contributed by atoms with van der Waals surface area (Å²) in [7, 11) is 1.72. The molecular weight excluding hydrogens is 193 g/mol. The Morgan fingerprint density at radius 1 is 1.75 bits per heavy atom. The maximum absolute atomic E-state index is 5.49. The lowest BCUT2D eigenvalue weighted by atomic mass is 11.2. The average molecular weight is 196 g/mol. The summed E-state index contributed by atoms with van der Waals surface area (Å²) >= 11 is 8.54. The number of rotatable bonds is 0. The number of halogens is 2. The maximum Gasteiger partial charge on any atom is 0.221 e. The van der Waals surface area contributed by atoms with Gasteiger partial charge in [0.1, 0.15) is 0 Å². The largest absolute Gasteiger partial charge is 0.238 e. The zero-order chi connectivity index (χ0) is 6.15. The molecule has 1 aromatic heterocycles. The summed E-state index contributed by atoms with van der Waals surface area (Å²) in [5, 5.41) is 4.19. The third-order valence-electron chi connectivity index (χ3n) is 0.684. The first kappa shape index (κ1) is 6.04. The molecule has 0 saturated heterocycles. The van der Waals surface area contributed by atoms with Crippen LogP contribution in [-0.4, -0.2) is 14.8 Å². The van der Waals surface area contributed by atoms with Gasteiger partial charge in [-0.25, -0.2) is 4.68 Å². The van der Waals surface area contributed by atoms with E-state index in [9.17, 15) is 0 Å². The molecule has 5 heteroatoms. The fraction of sp³-hybridized carbons (Fsp3) is 0.333. The highest BCUT2D eigenvalue weighted by molar-refractivity contribution is 9.10. The molecule has 0 atom stereocenters. The minimum absolute atomic E-state index is 0.386. The van der Waals surface area contributed by atoms with Crippen LogP contribution in [0, 0.1) is 0 Å². The predicted molar refractivity (Wildman–Crippen MR) is 33.7 cm³/mol. The molecule has 0 N–H and O–H groups in total. The lowest BCUT2D eigenvalue weighted by Crippen LogP contribution is -1.88. The van der Waals surface area contributed by atoms with Crippen molar-refractivity contribution in [3.05, 3.63) is 10.0 Å². The van der Waals surface area contributed by atoms with Crippen molar-refractivity contribution >= 4 is 27.5 Å². The van der Waals surface area contributed by atoms with Crippen LogP contribution in [0.15, 0.2) is 4.73 Å². The van der Waals surface area contributed by atoms with Gasteiger partial charge in [0, 0.05) is 7.05 Å². The van der Waals surface area contributed by atoms with Crippen LogP contribution >= 0.6 is 27.5 Å². The summed E-state index contributed by atoms with van der Waals surface area (Å²) < 4.78 is 2.00. The second-order valence-corrected chi connectivity index (χ2v) is 2.32. The van der Waals surface area contributed by atoms with Crippen molar-refractivity contribution in [2.24, 2.45) is 7.05 Å². The molecule has 3 nitrogen and oxygen atoms in total. The molecule has 44 valence electrons. The molecule has 0 amide bonds. The molecule has 0 bridgehead atoms. The molecule has 0 saturated carbocycles. The highest BCUT2D eigenvalue weighted by atomic mass is 79.9. The maximum atomic E-state index is 5.49. The molecule has 1 rings (SSSR count). The van der Waals surface area contributed by atoms with Crippen LogP contribution in [-0.2, 0) is 7.05 Å². The van der Waals surface area contributed by atoms with Crippen LogP contribution in [0.3, 0.4) is 0 Å². The standard InChI is InChI=1S/C3H3BrClN3/c1-8-3(5)6-2(4)7-8/h1H3. The molecule has 1 aromatic rings. The van der Waals surface area contributed by atoms with Crippen molar-refractivity contribution in [2.75, 3.05) is 0 Å². The minimum Gasteiger partial charge on any atom is -0.238 e. The Morgan fingerprint density at radius 3 is 2.50 bits per heavy atom. The van der Waals surface area contributed by atoms with E-state index in [1.807, 2.05) is 0 Å². The second kappa shape index (κ2) is 2.03.